The Labute approximate surface area is 160 Å². The topological polar surface area (TPSA) is 165 Å². The molecule has 0 saturated carbocycles. The predicted molar refractivity (Wildman–Crippen MR) is 99.0 cm³/mol. The fourth-order valence-corrected chi connectivity index (χ4v) is 4.96. The summed E-state index contributed by atoms with van der Waals surface area (Å²) in [5.74, 6) is -3.06. The molecule has 0 fully saturated rings. The van der Waals surface area contributed by atoms with Crippen molar-refractivity contribution >= 4 is 50.6 Å². The first-order valence-electron chi connectivity index (χ1n) is 7.54. The molecule has 0 radical (unpaired) electrons. The van der Waals surface area contributed by atoms with Gasteiger partial charge in [0.2, 0.25) is 5.91 Å². The molecule has 3 atom stereocenters. The minimum absolute atomic E-state index is 0.0310. The molecule has 0 saturated heterocycles. The van der Waals surface area contributed by atoms with Crippen LogP contribution in [0, 0.1) is 5.92 Å². The van der Waals surface area contributed by atoms with E-state index in [-0.39, 0.29) is 15.1 Å². The van der Waals surface area contributed by atoms with Crippen molar-refractivity contribution < 1.29 is 23.7 Å². The first-order chi connectivity index (χ1) is 11.9. The number of carboxylic acids is 1. The standard InChI is InChI=1S/C14H21ClN4O5S2/c1-7(2)3-9(16)13(22)18-26(24,12-4-8(15)6-25-12)19-14(23)10(17)5-11(20)21/h4,6-7,9-10H,3,5,16-17H2,1-2H3,(H,20,21)(H,18,19,22,23,24)/t9-,10?,26?/m0/s1. The molecule has 26 heavy (non-hydrogen) atoms. The molecule has 0 aromatic carbocycles. The van der Waals surface area contributed by atoms with Crippen LogP contribution in [0.1, 0.15) is 26.7 Å². The third kappa shape index (κ3) is 6.65. The number of nitrogens with zero attached hydrogens (tertiary/aromatic N) is 1. The van der Waals surface area contributed by atoms with Crippen LogP contribution in [0.3, 0.4) is 0 Å². The lowest BCUT2D eigenvalue weighted by atomic mass is 10.0. The lowest BCUT2D eigenvalue weighted by Gasteiger charge is -2.15. The van der Waals surface area contributed by atoms with Crippen LogP contribution in [0.15, 0.2) is 20.0 Å². The number of amides is 2. The van der Waals surface area contributed by atoms with Crippen molar-refractivity contribution in [3.8, 4) is 0 Å². The molecule has 0 bridgehead atoms. The SMILES string of the molecule is CC(C)C[C@H](N)C(=O)N=S(=O)(NC(=O)C(N)CC(=O)O)c1cc(Cl)cs1. The van der Waals surface area contributed by atoms with Gasteiger partial charge in [-0.15, -0.1) is 15.7 Å². The van der Waals surface area contributed by atoms with E-state index in [9.17, 15) is 18.6 Å². The molecule has 0 spiro atoms. The second-order valence-electron chi connectivity index (χ2n) is 5.95. The van der Waals surface area contributed by atoms with E-state index in [1.54, 1.807) is 0 Å². The number of carbonyl (C=O) groups is 3. The molecule has 1 aromatic rings. The van der Waals surface area contributed by atoms with Crippen LogP contribution in [-0.4, -0.2) is 39.2 Å². The number of nitrogens with two attached hydrogens (primary N) is 2. The van der Waals surface area contributed by atoms with E-state index < -0.39 is 46.2 Å². The molecule has 2 amide bonds. The molecule has 6 N–H and O–H groups in total. The van der Waals surface area contributed by atoms with E-state index in [1.807, 2.05) is 13.8 Å². The second kappa shape index (κ2) is 9.42. The minimum atomic E-state index is -3.75. The van der Waals surface area contributed by atoms with E-state index in [2.05, 4.69) is 9.08 Å². The highest BCUT2D eigenvalue weighted by Crippen LogP contribution is 2.25. The molecule has 0 aliphatic carbocycles. The normalized spacial score (nSPS) is 15.8. The first kappa shape index (κ1) is 22.5. The average molecular weight is 425 g/mol. The first-order valence-corrected chi connectivity index (χ1v) is 10.3. The van der Waals surface area contributed by atoms with Crippen molar-refractivity contribution in [2.24, 2.45) is 21.7 Å². The van der Waals surface area contributed by atoms with E-state index in [0.717, 1.165) is 11.3 Å². The molecule has 0 aliphatic heterocycles. The molecule has 146 valence electrons. The molecule has 2 unspecified atom stereocenters. The Hall–Kier alpha value is -1.53. The van der Waals surface area contributed by atoms with E-state index in [0.29, 0.717) is 6.42 Å². The largest absolute Gasteiger partial charge is 0.481 e. The van der Waals surface area contributed by atoms with Gasteiger partial charge in [-0.3, -0.25) is 19.1 Å². The Morgan fingerprint density at radius 3 is 2.42 bits per heavy atom. The van der Waals surface area contributed by atoms with E-state index in [1.165, 1.54) is 11.4 Å². The fraction of sp³-hybridized carbons (Fsp3) is 0.500. The van der Waals surface area contributed by atoms with E-state index in [4.69, 9.17) is 28.2 Å². The Bertz CT molecular complexity index is 801. The summed E-state index contributed by atoms with van der Waals surface area (Å²) in [6.07, 6.45) is -0.358. The zero-order valence-corrected chi connectivity index (χ0v) is 16.6. The summed E-state index contributed by atoms with van der Waals surface area (Å²) in [4.78, 5) is 35.0. The third-order valence-electron chi connectivity index (χ3n) is 3.05. The molecule has 0 aliphatic rings. The fourth-order valence-electron chi connectivity index (χ4n) is 1.85. The maximum atomic E-state index is 13.2. The van der Waals surface area contributed by atoms with Gasteiger partial charge in [-0.25, -0.2) is 4.21 Å². The van der Waals surface area contributed by atoms with Crippen LogP contribution in [0.5, 0.6) is 0 Å². The summed E-state index contributed by atoms with van der Waals surface area (Å²) in [6, 6.07) is -1.16. The summed E-state index contributed by atoms with van der Waals surface area (Å²) in [7, 11) is -3.75. The van der Waals surface area contributed by atoms with Gasteiger partial charge in [0.1, 0.15) is 4.21 Å². The smallest absolute Gasteiger partial charge is 0.305 e. The number of nitrogens with one attached hydrogen (secondary N) is 1. The van der Waals surface area contributed by atoms with Crippen molar-refractivity contribution in [2.75, 3.05) is 0 Å². The number of rotatable bonds is 8. The van der Waals surface area contributed by atoms with Gasteiger partial charge in [-0.05, 0) is 18.4 Å². The van der Waals surface area contributed by atoms with Crippen LogP contribution in [0.2, 0.25) is 5.02 Å². The van der Waals surface area contributed by atoms with Gasteiger partial charge in [0.25, 0.3) is 5.91 Å². The second-order valence-corrected chi connectivity index (χ2v) is 9.43. The molecular weight excluding hydrogens is 404 g/mol. The summed E-state index contributed by atoms with van der Waals surface area (Å²) in [6.45, 7) is 3.71. The molecule has 1 heterocycles. The van der Waals surface area contributed by atoms with Crippen LogP contribution < -0.4 is 16.2 Å². The Balaban J connectivity index is 3.21. The maximum Gasteiger partial charge on any atom is 0.305 e. The zero-order chi connectivity index (χ0) is 20.1. The van der Waals surface area contributed by atoms with Gasteiger partial charge in [-0.1, -0.05) is 25.4 Å². The van der Waals surface area contributed by atoms with Crippen LogP contribution in [0.4, 0.5) is 0 Å². The number of carbonyl (C=O) groups excluding carboxylic acids is 2. The number of hydrogen-bond acceptors (Lipinski definition) is 7. The molecule has 9 nitrogen and oxygen atoms in total. The van der Waals surface area contributed by atoms with Gasteiger partial charge in [-0.2, -0.15) is 0 Å². The highest BCUT2D eigenvalue weighted by molar-refractivity contribution is 7.94. The van der Waals surface area contributed by atoms with E-state index >= 15 is 0 Å². The lowest BCUT2D eigenvalue weighted by Crippen LogP contribution is -2.44. The third-order valence-corrected chi connectivity index (χ3v) is 6.66. The van der Waals surface area contributed by atoms with Gasteiger partial charge < -0.3 is 16.6 Å². The van der Waals surface area contributed by atoms with Crippen molar-refractivity contribution in [2.45, 2.75) is 43.0 Å². The minimum Gasteiger partial charge on any atom is -0.481 e. The molecule has 1 aromatic heterocycles. The highest BCUT2D eigenvalue weighted by Gasteiger charge is 2.26. The number of halogens is 1. The van der Waals surface area contributed by atoms with Gasteiger partial charge >= 0.3 is 5.97 Å². The van der Waals surface area contributed by atoms with Crippen molar-refractivity contribution in [1.82, 2.24) is 4.72 Å². The average Bonchev–Trinajstić information content (AvgIpc) is 2.92. The number of aliphatic carboxylic acids is 1. The predicted octanol–water partition coefficient (Wildman–Crippen LogP) is 0.962. The monoisotopic (exact) mass is 424 g/mol. The molecule has 12 heteroatoms. The highest BCUT2D eigenvalue weighted by atomic mass is 35.5. The Kier molecular flexibility index (Phi) is 8.15. The van der Waals surface area contributed by atoms with Gasteiger partial charge in [0, 0.05) is 5.38 Å². The van der Waals surface area contributed by atoms with Crippen LogP contribution in [-0.2, 0) is 24.3 Å². The summed E-state index contributed by atoms with van der Waals surface area (Å²) in [5, 5.41) is 10.4. The maximum absolute atomic E-state index is 13.2. The van der Waals surface area contributed by atoms with Gasteiger partial charge in [0.15, 0.2) is 9.92 Å². The quantitative estimate of drug-likeness (QED) is 0.482. The molecule has 1 rings (SSSR count). The summed E-state index contributed by atoms with van der Waals surface area (Å²) < 4.78 is 18.9. The summed E-state index contributed by atoms with van der Waals surface area (Å²) in [5.41, 5.74) is 11.2. The number of hydrogen-bond donors (Lipinski definition) is 4. The van der Waals surface area contributed by atoms with Crippen molar-refractivity contribution in [3.05, 3.63) is 16.5 Å². The Morgan fingerprint density at radius 1 is 1.35 bits per heavy atom. The Morgan fingerprint density at radius 2 is 1.96 bits per heavy atom. The van der Waals surface area contributed by atoms with Gasteiger partial charge in [0.05, 0.1) is 23.5 Å². The lowest BCUT2D eigenvalue weighted by molar-refractivity contribution is -0.139. The summed E-state index contributed by atoms with van der Waals surface area (Å²) >= 11 is 6.75. The zero-order valence-electron chi connectivity index (χ0n) is 14.2. The van der Waals surface area contributed by atoms with Crippen LogP contribution >= 0.6 is 22.9 Å². The van der Waals surface area contributed by atoms with Crippen LogP contribution in [0.25, 0.3) is 0 Å². The number of thiophene rings is 1. The van der Waals surface area contributed by atoms with Crippen molar-refractivity contribution in [3.63, 3.8) is 0 Å². The molecular formula is C14H21ClN4O5S2. The van der Waals surface area contributed by atoms with Crippen molar-refractivity contribution in [1.29, 1.82) is 0 Å². The number of carboxylic acid groups (broad SMARTS) is 1.